The minimum absolute atomic E-state index is 0.247. The summed E-state index contributed by atoms with van der Waals surface area (Å²) in [4.78, 5) is 15.7. The Balaban J connectivity index is 2.32. The smallest absolute Gasteiger partial charge is 0.348 e. The molecule has 1 unspecified atom stereocenters. The van der Waals surface area contributed by atoms with Crippen LogP contribution in [0, 0.1) is 0 Å². The van der Waals surface area contributed by atoms with Crippen LogP contribution in [0.3, 0.4) is 0 Å². The normalized spacial score (nSPS) is 20.1. The van der Waals surface area contributed by atoms with Gasteiger partial charge in [-0.05, 0) is 25.1 Å². The molecule has 0 aromatic carbocycles. The quantitative estimate of drug-likeness (QED) is 0.771. The van der Waals surface area contributed by atoms with Crippen LogP contribution in [0.5, 0.6) is 0 Å². The minimum atomic E-state index is -0.247. The molecule has 0 radical (unpaired) electrons. The van der Waals surface area contributed by atoms with Crippen LogP contribution in [0.25, 0.3) is 0 Å². The van der Waals surface area contributed by atoms with E-state index in [-0.39, 0.29) is 12.0 Å². The number of ether oxygens (including phenoxy) is 2. The van der Waals surface area contributed by atoms with Crippen molar-refractivity contribution in [2.24, 2.45) is 0 Å². The fourth-order valence-corrected chi connectivity index (χ4v) is 3.42. The lowest BCUT2D eigenvalue weighted by Gasteiger charge is -2.31. The van der Waals surface area contributed by atoms with Gasteiger partial charge in [0.25, 0.3) is 0 Å². The summed E-state index contributed by atoms with van der Waals surface area (Å²) in [5.74, 6) is -0.247. The second kappa shape index (κ2) is 5.16. The Morgan fingerprint density at radius 1 is 1.59 bits per heavy atom. The zero-order valence-corrected chi connectivity index (χ0v) is 11.2. The van der Waals surface area contributed by atoms with Crippen LogP contribution >= 0.6 is 11.3 Å². The van der Waals surface area contributed by atoms with E-state index in [4.69, 9.17) is 9.47 Å². The zero-order valence-electron chi connectivity index (χ0n) is 10.4. The van der Waals surface area contributed by atoms with E-state index in [9.17, 15) is 4.79 Å². The van der Waals surface area contributed by atoms with E-state index in [0.717, 1.165) is 13.0 Å². The molecule has 2 rings (SSSR count). The van der Waals surface area contributed by atoms with Gasteiger partial charge in [0, 0.05) is 18.5 Å². The fourth-order valence-electron chi connectivity index (χ4n) is 2.14. The van der Waals surface area contributed by atoms with Gasteiger partial charge in [-0.15, -0.1) is 11.3 Å². The van der Waals surface area contributed by atoms with Crippen molar-refractivity contribution in [2.75, 3.05) is 34.4 Å². The Bertz CT molecular complexity index is 416. The number of carbonyl (C=O) groups excluding carboxylic acids is 1. The van der Waals surface area contributed by atoms with Gasteiger partial charge < -0.3 is 9.47 Å². The first-order chi connectivity index (χ1) is 8.17. The zero-order chi connectivity index (χ0) is 12.4. The lowest BCUT2D eigenvalue weighted by atomic mass is 10.0. The van der Waals surface area contributed by atoms with Crippen LogP contribution in [0.1, 0.15) is 26.2 Å². The van der Waals surface area contributed by atoms with E-state index < -0.39 is 0 Å². The van der Waals surface area contributed by atoms with Crippen molar-refractivity contribution in [1.82, 2.24) is 4.90 Å². The maximum Gasteiger partial charge on any atom is 0.348 e. The number of fused-ring (bicyclic) bond motifs is 1. The van der Waals surface area contributed by atoms with Gasteiger partial charge in [-0.3, -0.25) is 4.90 Å². The standard InChI is InChI=1S/C12H17NO3S/c1-13-5-4-8-6-10(12(14)16-3)17-11(8)9(13)7-15-2/h6,9H,4-5,7H2,1-3H3. The topological polar surface area (TPSA) is 38.8 Å². The molecular weight excluding hydrogens is 238 g/mol. The summed E-state index contributed by atoms with van der Waals surface area (Å²) in [5, 5.41) is 0. The molecule has 0 aliphatic carbocycles. The Morgan fingerprint density at radius 2 is 2.35 bits per heavy atom. The largest absolute Gasteiger partial charge is 0.465 e. The Morgan fingerprint density at radius 3 is 3.00 bits per heavy atom. The van der Waals surface area contributed by atoms with Crippen LogP contribution in [0.15, 0.2) is 6.07 Å². The first kappa shape index (κ1) is 12.5. The lowest BCUT2D eigenvalue weighted by Crippen LogP contribution is -2.33. The van der Waals surface area contributed by atoms with Crippen LogP contribution < -0.4 is 0 Å². The van der Waals surface area contributed by atoms with Crippen molar-refractivity contribution in [3.63, 3.8) is 0 Å². The SMILES string of the molecule is COCC1c2sc(C(=O)OC)cc2CCN1C. The first-order valence-corrected chi connectivity index (χ1v) is 6.39. The minimum Gasteiger partial charge on any atom is -0.465 e. The molecule has 0 fully saturated rings. The molecule has 1 aromatic heterocycles. The predicted molar refractivity (Wildman–Crippen MR) is 66.6 cm³/mol. The first-order valence-electron chi connectivity index (χ1n) is 5.57. The predicted octanol–water partition coefficient (Wildman–Crippen LogP) is 1.71. The summed E-state index contributed by atoms with van der Waals surface area (Å²) in [6.45, 7) is 1.66. The van der Waals surface area contributed by atoms with Gasteiger partial charge in [-0.25, -0.2) is 4.79 Å². The molecule has 5 heteroatoms. The van der Waals surface area contributed by atoms with Gasteiger partial charge in [-0.1, -0.05) is 0 Å². The molecule has 0 spiro atoms. The molecule has 1 aliphatic rings. The number of likely N-dealkylation sites (N-methyl/N-ethyl adjacent to an activating group) is 1. The van der Waals surface area contributed by atoms with Crippen LogP contribution in [-0.4, -0.2) is 45.3 Å². The molecule has 0 amide bonds. The van der Waals surface area contributed by atoms with Gasteiger partial charge >= 0.3 is 5.97 Å². The molecule has 0 saturated carbocycles. The molecule has 0 bridgehead atoms. The number of nitrogens with zero attached hydrogens (tertiary/aromatic N) is 1. The Labute approximate surface area is 105 Å². The highest BCUT2D eigenvalue weighted by molar-refractivity contribution is 7.14. The van der Waals surface area contributed by atoms with Crippen LogP contribution in [0.2, 0.25) is 0 Å². The van der Waals surface area contributed by atoms with Gasteiger partial charge in [0.05, 0.1) is 19.8 Å². The van der Waals surface area contributed by atoms with Crippen molar-refractivity contribution < 1.29 is 14.3 Å². The molecule has 17 heavy (non-hydrogen) atoms. The second-order valence-electron chi connectivity index (χ2n) is 4.19. The summed E-state index contributed by atoms with van der Waals surface area (Å²) in [5.41, 5.74) is 1.26. The van der Waals surface area contributed by atoms with Crippen LogP contribution in [0.4, 0.5) is 0 Å². The molecule has 1 atom stereocenters. The van der Waals surface area contributed by atoms with E-state index in [1.165, 1.54) is 28.9 Å². The van der Waals surface area contributed by atoms with E-state index in [2.05, 4.69) is 11.9 Å². The number of methoxy groups -OCH3 is 2. The van der Waals surface area contributed by atoms with Crippen molar-refractivity contribution in [2.45, 2.75) is 12.5 Å². The maximum atomic E-state index is 11.5. The van der Waals surface area contributed by atoms with Gasteiger partial charge in [0.1, 0.15) is 4.88 Å². The third-order valence-corrected chi connectivity index (χ3v) is 4.38. The van der Waals surface area contributed by atoms with Crippen molar-refractivity contribution in [1.29, 1.82) is 0 Å². The Hall–Kier alpha value is -0.910. The number of esters is 1. The number of carbonyl (C=O) groups is 1. The van der Waals surface area contributed by atoms with E-state index in [1.54, 1.807) is 7.11 Å². The number of rotatable bonds is 3. The molecule has 2 heterocycles. The van der Waals surface area contributed by atoms with Gasteiger partial charge in [0.15, 0.2) is 0 Å². The van der Waals surface area contributed by atoms with Crippen molar-refractivity contribution in [3.8, 4) is 0 Å². The van der Waals surface area contributed by atoms with Crippen molar-refractivity contribution in [3.05, 3.63) is 21.4 Å². The number of hydrogen-bond acceptors (Lipinski definition) is 5. The van der Waals surface area contributed by atoms with E-state index in [0.29, 0.717) is 11.5 Å². The van der Waals surface area contributed by atoms with Crippen LogP contribution in [-0.2, 0) is 15.9 Å². The molecule has 0 saturated heterocycles. The molecule has 0 N–H and O–H groups in total. The summed E-state index contributed by atoms with van der Waals surface area (Å²) in [6, 6.07) is 2.22. The molecule has 1 aliphatic heterocycles. The van der Waals surface area contributed by atoms with E-state index in [1.807, 2.05) is 6.07 Å². The number of thiophene rings is 1. The van der Waals surface area contributed by atoms with E-state index >= 15 is 0 Å². The maximum absolute atomic E-state index is 11.5. The van der Waals surface area contributed by atoms with Gasteiger partial charge in [-0.2, -0.15) is 0 Å². The average molecular weight is 255 g/mol. The summed E-state index contributed by atoms with van der Waals surface area (Å²) in [6.07, 6.45) is 0.986. The average Bonchev–Trinajstić information content (AvgIpc) is 2.76. The summed E-state index contributed by atoms with van der Waals surface area (Å²) in [7, 11) is 5.21. The van der Waals surface area contributed by atoms with Gasteiger partial charge in [0.2, 0.25) is 0 Å². The third-order valence-electron chi connectivity index (χ3n) is 3.12. The summed E-state index contributed by atoms with van der Waals surface area (Å²) < 4.78 is 10.0. The number of hydrogen-bond donors (Lipinski definition) is 0. The third kappa shape index (κ3) is 2.36. The second-order valence-corrected chi connectivity index (χ2v) is 5.28. The fraction of sp³-hybridized carbons (Fsp3) is 0.583. The molecular formula is C12H17NO3S. The molecule has 94 valence electrons. The highest BCUT2D eigenvalue weighted by atomic mass is 32.1. The Kier molecular flexibility index (Phi) is 3.81. The molecule has 4 nitrogen and oxygen atoms in total. The summed E-state index contributed by atoms with van der Waals surface area (Å²) >= 11 is 1.52. The highest BCUT2D eigenvalue weighted by Crippen LogP contribution is 2.35. The highest BCUT2D eigenvalue weighted by Gasteiger charge is 2.28. The lowest BCUT2D eigenvalue weighted by molar-refractivity contribution is 0.0606. The monoisotopic (exact) mass is 255 g/mol. The van der Waals surface area contributed by atoms with Crippen molar-refractivity contribution >= 4 is 17.3 Å². The molecule has 1 aromatic rings.